The lowest BCUT2D eigenvalue weighted by atomic mass is 10.0. The fourth-order valence-corrected chi connectivity index (χ4v) is 6.80. The van der Waals surface area contributed by atoms with Crippen molar-refractivity contribution in [3.05, 3.63) is 11.8 Å². The molecular weight excluding hydrogens is 630 g/mol. The Balaban J connectivity index is 0.947. The quantitative estimate of drug-likeness (QED) is 0.0633. The molecule has 3 amide bonds. The summed E-state index contributed by atoms with van der Waals surface area (Å²) in [6.45, 7) is 6.06. The summed E-state index contributed by atoms with van der Waals surface area (Å²) >= 11 is 1.91. The largest absolute Gasteiger partial charge is 0.379 e. The second kappa shape index (κ2) is 24.9. The molecule has 2 saturated heterocycles. The number of rotatable bonds is 30. The lowest BCUT2D eigenvalue weighted by Crippen LogP contribution is -2.42. The molecule has 47 heavy (non-hydrogen) atoms. The van der Waals surface area contributed by atoms with Crippen molar-refractivity contribution in [2.24, 2.45) is 10.7 Å². The number of carbonyl (C=O) groups is 3. The first-order valence-corrected chi connectivity index (χ1v) is 18.0. The molecule has 0 aromatic rings. The molecular formula is C32H55N5O9S. The van der Waals surface area contributed by atoms with Gasteiger partial charge in [-0.2, -0.15) is 11.8 Å². The van der Waals surface area contributed by atoms with E-state index >= 15 is 0 Å². The number of nitrogens with one attached hydrogen (secondary N) is 3. The normalized spacial score (nSPS) is 20.6. The van der Waals surface area contributed by atoms with Crippen LogP contribution in [0.2, 0.25) is 0 Å². The molecule has 0 spiro atoms. The second-order valence-electron chi connectivity index (χ2n) is 11.5. The van der Waals surface area contributed by atoms with Crippen LogP contribution in [0.25, 0.3) is 0 Å². The molecule has 3 heterocycles. The Labute approximate surface area is 283 Å². The number of Topliss-reactive ketones (excluding diaryl/α,β-unsaturated/α-hetero) is 1. The maximum atomic E-state index is 12.1. The van der Waals surface area contributed by atoms with Gasteiger partial charge in [0.15, 0.2) is 0 Å². The fourth-order valence-electron chi connectivity index (χ4n) is 5.25. The number of unbranched alkanes of at least 4 members (excludes halogenated alkanes) is 1. The van der Waals surface area contributed by atoms with Crippen LogP contribution < -0.4 is 21.7 Å². The summed E-state index contributed by atoms with van der Waals surface area (Å²) in [5.74, 6) is 1.05. The van der Waals surface area contributed by atoms with Crippen LogP contribution in [0.1, 0.15) is 51.4 Å². The summed E-state index contributed by atoms with van der Waals surface area (Å²) in [7, 11) is 0. The number of ether oxygens (including phenoxy) is 6. The van der Waals surface area contributed by atoms with Crippen LogP contribution in [-0.2, 0) is 38.0 Å². The monoisotopic (exact) mass is 685 g/mol. The molecule has 3 aliphatic heterocycles. The first kappa shape index (κ1) is 39.3. The molecule has 14 nitrogen and oxygen atoms in total. The first-order chi connectivity index (χ1) is 23.0. The van der Waals surface area contributed by atoms with E-state index in [9.17, 15) is 14.4 Å². The van der Waals surface area contributed by atoms with E-state index in [1.165, 1.54) is 0 Å². The smallest absolute Gasteiger partial charge is 0.315 e. The zero-order chi connectivity index (χ0) is 33.4. The SMILES string of the molecule is NC(CC1=CCC=N1)C(=O)NCCOCCOCCOCCOCCOCCOCCCC(=O)CCCCC1SC[C@H]2NC(=O)N[C@@H]12. The van der Waals surface area contributed by atoms with Gasteiger partial charge >= 0.3 is 6.03 Å². The van der Waals surface area contributed by atoms with Crippen molar-refractivity contribution >= 4 is 35.7 Å². The Kier molecular flexibility index (Phi) is 20.9. The summed E-state index contributed by atoms with van der Waals surface area (Å²) in [5.41, 5.74) is 6.75. The maximum absolute atomic E-state index is 12.1. The molecule has 0 aliphatic carbocycles. The number of ketones is 1. The minimum Gasteiger partial charge on any atom is -0.379 e. The highest BCUT2D eigenvalue weighted by Crippen LogP contribution is 2.33. The van der Waals surface area contributed by atoms with Crippen LogP contribution in [0.4, 0.5) is 4.79 Å². The Morgan fingerprint density at radius 2 is 1.45 bits per heavy atom. The van der Waals surface area contributed by atoms with Gasteiger partial charge in [-0.3, -0.25) is 14.6 Å². The molecule has 15 heteroatoms. The zero-order valence-electron chi connectivity index (χ0n) is 27.6. The molecule has 268 valence electrons. The van der Waals surface area contributed by atoms with Gasteiger partial charge in [0, 0.05) is 61.7 Å². The number of hydrogen-bond donors (Lipinski definition) is 4. The van der Waals surface area contributed by atoms with Crippen molar-refractivity contribution in [3.63, 3.8) is 0 Å². The van der Waals surface area contributed by atoms with E-state index < -0.39 is 6.04 Å². The minimum atomic E-state index is -0.606. The molecule has 2 fully saturated rings. The molecule has 0 saturated carbocycles. The predicted octanol–water partition coefficient (Wildman–Crippen LogP) is 1.35. The highest BCUT2D eigenvalue weighted by atomic mass is 32.2. The van der Waals surface area contributed by atoms with Crippen molar-refractivity contribution in [2.75, 3.05) is 91.6 Å². The number of nitrogens with two attached hydrogens (primary N) is 1. The van der Waals surface area contributed by atoms with Crippen molar-refractivity contribution < 1.29 is 42.8 Å². The number of amides is 3. The number of nitrogens with zero attached hydrogens (tertiary/aromatic N) is 1. The summed E-state index contributed by atoms with van der Waals surface area (Å²) in [6.07, 6.45) is 9.86. The van der Waals surface area contributed by atoms with Crippen LogP contribution in [-0.4, -0.2) is 139 Å². The van der Waals surface area contributed by atoms with Crippen molar-refractivity contribution in [2.45, 2.75) is 74.7 Å². The Bertz CT molecular complexity index is 973. The van der Waals surface area contributed by atoms with Gasteiger partial charge in [0.2, 0.25) is 5.91 Å². The lowest BCUT2D eigenvalue weighted by molar-refractivity contribution is -0.122. The first-order valence-electron chi connectivity index (χ1n) is 16.9. The third kappa shape index (κ3) is 17.7. The molecule has 3 aliphatic rings. The summed E-state index contributed by atoms with van der Waals surface area (Å²) in [6, 6.07) is -0.165. The summed E-state index contributed by atoms with van der Waals surface area (Å²) in [4.78, 5) is 39.7. The molecule has 3 rings (SSSR count). The van der Waals surface area contributed by atoms with Gasteiger partial charge in [0.25, 0.3) is 0 Å². The molecule has 4 atom stereocenters. The van der Waals surface area contributed by atoms with Crippen LogP contribution in [0.5, 0.6) is 0 Å². The number of thioether (sulfide) groups is 1. The topological polar surface area (TPSA) is 181 Å². The second-order valence-corrected chi connectivity index (χ2v) is 12.8. The predicted molar refractivity (Wildman–Crippen MR) is 180 cm³/mol. The van der Waals surface area contributed by atoms with Crippen LogP contribution in [0.3, 0.4) is 0 Å². The van der Waals surface area contributed by atoms with E-state index in [4.69, 9.17) is 34.2 Å². The van der Waals surface area contributed by atoms with Gasteiger partial charge in [-0.05, 0) is 19.3 Å². The molecule has 5 N–H and O–H groups in total. The van der Waals surface area contributed by atoms with Gasteiger partial charge in [-0.15, -0.1) is 0 Å². The van der Waals surface area contributed by atoms with E-state index in [-0.39, 0.29) is 29.8 Å². The van der Waals surface area contributed by atoms with Crippen molar-refractivity contribution in [1.29, 1.82) is 0 Å². The number of aliphatic imine (C=N–C) groups is 1. The molecule has 2 unspecified atom stereocenters. The fraction of sp³-hybridized carbons (Fsp3) is 0.812. The number of fused-ring (bicyclic) bond motifs is 1. The number of urea groups is 1. The van der Waals surface area contributed by atoms with Gasteiger partial charge in [0.05, 0.1) is 90.8 Å². The van der Waals surface area contributed by atoms with Crippen LogP contribution >= 0.6 is 11.8 Å². The van der Waals surface area contributed by atoms with E-state index in [1.54, 1.807) is 6.21 Å². The summed E-state index contributed by atoms with van der Waals surface area (Å²) < 4.78 is 32.9. The maximum Gasteiger partial charge on any atom is 0.315 e. The Morgan fingerprint density at radius 1 is 0.851 bits per heavy atom. The average Bonchev–Trinajstić information content (AvgIpc) is 3.80. The standard InChI is InChI=1S/C32H55N5O9S/c33-27(23-25-5-3-9-34-25)31(39)35-10-12-42-14-16-44-18-20-46-22-21-45-19-17-43-15-13-41-11-4-7-26(38)6-1-2-8-29-30-28(24-47-29)36-32(40)37-30/h5,9,27-30H,1-4,6-8,10-24,33H2,(H,35,39)(H2,36,37,40)/t27?,28-,29?,30-/m1/s1. The summed E-state index contributed by atoms with van der Waals surface area (Å²) in [5, 5.41) is 9.19. The van der Waals surface area contributed by atoms with Gasteiger partial charge in [-0.25, -0.2) is 4.79 Å². The minimum absolute atomic E-state index is 0.0525. The molecule has 0 aromatic heterocycles. The Hall–Kier alpha value is -2.11. The zero-order valence-corrected chi connectivity index (χ0v) is 28.4. The molecule has 0 aromatic carbocycles. The van der Waals surface area contributed by atoms with Crippen molar-refractivity contribution in [3.8, 4) is 0 Å². The van der Waals surface area contributed by atoms with Crippen LogP contribution in [0, 0.1) is 0 Å². The van der Waals surface area contributed by atoms with Gasteiger partial charge in [0.1, 0.15) is 5.78 Å². The third-order valence-electron chi connectivity index (χ3n) is 7.76. The van der Waals surface area contributed by atoms with E-state index in [0.29, 0.717) is 110 Å². The van der Waals surface area contributed by atoms with E-state index in [1.807, 2.05) is 17.8 Å². The van der Waals surface area contributed by atoms with Gasteiger partial charge in [-0.1, -0.05) is 12.5 Å². The molecule has 0 bridgehead atoms. The van der Waals surface area contributed by atoms with E-state index in [0.717, 1.165) is 43.6 Å². The molecule has 0 radical (unpaired) electrons. The highest BCUT2D eigenvalue weighted by molar-refractivity contribution is 8.00. The number of hydrogen-bond acceptors (Lipinski definition) is 12. The lowest BCUT2D eigenvalue weighted by Gasteiger charge is -2.16. The third-order valence-corrected chi connectivity index (χ3v) is 9.27. The van der Waals surface area contributed by atoms with Crippen LogP contribution in [0.15, 0.2) is 16.8 Å². The average molecular weight is 686 g/mol. The number of carbonyl (C=O) groups excluding carboxylic acids is 3. The van der Waals surface area contributed by atoms with Gasteiger partial charge < -0.3 is 50.1 Å². The Morgan fingerprint density at radius 3 is 2.06 bits per heavy atom. The van der Waals surface area contributed by atoms with E-state index in [2.05, 4.69) is 20.9 Å². The number of allylic oxidation sites excluding steroid dienone is 1. The highest BCUT2D eigenvalue weighted by Gasteiger charge is 2.42. The van der Waals surface area contributed by atoms with Crippen molar-refractivity contribution in [1.82, 2.24) is 16.0 Å².